The van der Waals surface area contributed by atoms with Gasteiger partial charge in [-0.2, -0.15) is 0 Å². The summed E-state index contributed by atoms with van der Waals surface area (Å²) in [6.07, 6.45) is 0.951. The topological polar surface area (TPSA) is 93.2 Å². The molecule has 6 nitrogen and oxygen atoms in total. The highest BCUT2D eigenvalue weighted by molar-refractivity contribution is 5.79. The summed E-state index contributed by atoms with van der Waals surface area (Å²) in [5.41, 5.74) is 4.93. The number of hydrogen-bond donors (Lipinski definition) is 3. The first-order chi connectivity index (χ1) is 9.65. The zero-order chi connectivity index (χ0) is 14.5. The van der Waals surface area contributed by atoms with Gasteiger partial charge in [0.15, 0.2) is 0 Å². The van der Waals surface area contributed by atoms with Gasteiger partial charge < -0.3 is 10.7 Å². The molecule has 0 aromatic heterocycles. The SMILES string of the molecule is CCc1ccc(Nc2cccc(NN)c2[N+](=O)[O-])cc1. The third-order valence-corrected chi connectivity index (χ3v) is 3.02. The van der Waals surface area contributed by atoms with Crippen LogP contribution in [0, 0.1) is 10.1 Å². The Morgan fingerprint density at radius 3 is 2.35 bits per heavy atom. The number of nitrogen functional groups attached to an aromatic ring is 1. The Balaban J connectivity index is 2.34. The molecule has 0 atom stereocenters. The van der Waals surface area contributed by atoms with Crippen LogP contribution < -0.4 is 16.6 Å². The van der Waals surface area contributed by atoms with Crippen molar-refractivity contribution in [2.45, 2.75) is 13.3 Å². The Morgan fingerprint density at radius 2 is 1.80 bits per heavy atom. The number of nitro groups is 1. The third-order valence-electron chi connectivity index (χ3n) is 3.02. The van der Waals surface area contributed by atoms with Gasteiger partial charge in [0.1, 0.15) is 11.4 Å². The molecule has 0 spiro atoms. The van der Waals surface area contributed by atoms with Gasteiger partial charge in [-0.1, -0.05) is 25.1 Å². The fourth-order valence-electron chi connectivity index (χ4n) is 1.94. The van der Waals surface area contributed by atoms with Gasteiger partial charge >= 0.3 is 5.69 Å². The van der Waals surface area contributed by atoms with E-state index in [1.54, 1.807) is 18.2 Å². The van der Waals surface area contributed by atoms with Crippen molar-refractivity contribution in [1.29, 1.82) is 0 Å². The molecular weight excluding hydrogens is 256 g/mol. The summed E-state index contributed by atoms with van der Waals surface area (Å²) in [7, 11) is 0. The molecule has 0 radical (unpaired) electrons. The summed E-state index contributed by atoms with van der Waals surface area (Å²) in [5, 5.41) is 14.2. The molecule has 0 aliphatic heterocycles. The molecule has 2 aromatic carbocycles. The van der Waals surface area contributed by atoms with Crippen LogP contribution in [0.5, 0.6) is 0 Å². The molecule has 0 saturated heterocycles. The van der Waals surface area contributed by atoms with E-state index < -0.39 is 4.92 Å². The van der Waals surface area contributed by atoms with E-state index in [1.807, 2.05) is 24.3 Å². The minimum atomic E-state index is -0.460. The van der Waals surface area contributed by atoms with Crippen LogP contribution >= 0.6 is 0 Å². The van der Waals surface area contributed by atoms with E-state index in [4.69, 9.17) is 5.84 Å². The first-order valence-corrected chi connectivity index (χ1v) is 6.25. The van der Waals surface area contributed by atoms with Crippen LogP contribution in [0.15, 0.2) is 42.5 Å². The Hall–Kier alpha value is -2.60. The molecule has 0 amide bonds. The average Bonchev–Trinajstić information content (AvgIpc) is 2.47. The van der Waals surface area contributed by atoms with E-state index in [0.29, 0.717) is 5.69 Å². The predicted molar refractivity (Wildman–Crippen MR) is 80.0 cm³/mol. The number of hydrogen-bond acceptors (Lipinski definition) is 5. The lowest BCUT2D eigenvalue weighted by Crippen LogP contribution is -2.10. The monoisotopic (exact) mass is 272 g/mol. The maximum Gasteiger partial charge on any atom is 0.316 e. The highest BCUT2D eigenvalue weighted by atomic mass is 16.6. The molecule has 0 unspecified atom stereocenters. The molecule has 2 rings (SSSR count). The normalized spacial score (nSPS) is 10.1. The number of nitrogens with one attached hydrogen (secondary N) is 2. The van der Waals surface area contributed by atoms with Crippen molar-refractivity contribution in [2.75, 3.05) is 10.7 Å². The number of nitrogens with zero attached hydrogens (tertiary/aromatic N) is 1. The smallest absolute Gasteiger partial charge is 0.316 e. The molecule has 6 heteroatoms. The van der Waals surface area contributed by atoms with Crippen molar-refractivity contribution in [3.63, 3.8) is 0 Å². The molecule has 4 N–H and O–H groups in total. The van der Waals surface area contributed by atoms with Crippen LogP contribution in [0.4, 0.5) is 22.7 Å². The van der Waals surface area contributed by atoms with Gasteiger partial charge in [-0.15, -0.1) is 0 Å². The Morgan fingerprint density at radius 1 is 1.15 bits per heavy atom. The zero-order valence-corrected chi connectivity index (χ0v) is 11.1. The van der Waals surface area contributed by atoms with Crippen LogP contribution in [0.3, 0.4) is 0 Å². The fourth-order valence-corrected chi connectivity index (χ4v) is 1.94. The van der Waals surface area contributed by atoms with Crippen LogP contribution in [-0.4, -0.2) is 4.92 Å². The molecular formula is C14H16N4O2. The van der Waals surface area contributed by atoms with Gasteiger partial charge in [-0.25, -0.2) is 0 Å². The minimum absolute atomic E-state index is 0.0745. The van der Waals surface area contributed by atoms with E-state index in [9.17, 15) is 10.1 Å². The van der Waals surface area contributed by atoms with Crippen molar-refractivity contribution >= 4 is 22.7 Å². The van der Waals surface area contributed by atoms with E-state index in [1.165, 1.54) is 5.56 Å². The standard InChI is InChI=1S/C14H16N4O2/c1-2-10-6-8-11(9-7-10)16-12-4-3-5-13(17-15)14(12)18(19)20/h3-9,16-17H,2,15H2,1H3. The minimum Gasteiger partial charge on any atom is -0.350 e. The molecule has 0 saturated carbocycles. The summed E-state index contributed by atoms with van der Waals surface area (Å²) in [4.78, 5) is 10.7. The van der Waals surface area contributed by atoms with E-state index in [0.717, 1.165) is 12.1 Å². The van der Waals surface area contributed by atoms with Crippen LogP contribution in [-0.2, 0) is 6.42 Å². The van der Waals surface area contributed by atoms with E-state index >= 15 is 0 Å². The molecule has 0 heterocycles. The summed E-state index contributed by atoms with van der Waals surface area (Å²) in [5.74, 6) is 5.31. The Kier molecular flexibility index (Phi) is 4.17. The summed E-state index contributed by atoms with van der Waals surface area (Å²) < 4.78 is 0. The number of benzene rings is 2. The number of hydrazine groups is 1. The van der Waals surface area contributed by atoms with Gasteiger partial charge in [-0.3, -0.25) is 16.0 Å². The number of nitrogens with two attached hydrogens (primary N) is 1. The molecule has 0 aliphatic carbocycles. The number of para-hydroxylation sites is 1. The van der Waals surface area contributed by atoms with Gasteiger partial charge in [0.25, 0.3) is 0 Å². The molecule has 0 aliphatic rings. The van der Waals surface area contributed by atoms with E-state index in [2.05, 4.69) is 17.7 Å². The Bertz CT molecular complexity index is 611. The molecule has 0 fully saturated rings. The maximum absolute atomic E-state index is 11.2. The first kappa shape index (κ1) is 13.8. The quantitative estimate of drug-likeness (QED) is 0.441. The van der Waals surface area contributed by atoms with Crippen LogP contribution in [0.2, 0.25) is 0 Å². The van der Waals surface area contributed by atoms with Gasteiger partial charge in [0.05, 0.1) is 4.92 Å². The largest absolute Gasteiger partial charge is 0.350 e. The Labute approximate surface area is 116 Å². The predicted octanol–water partition coefficient (Wildman–Crippen LogP) is 3.19. The summed E-state index contributed by atoms with van der Waals surface area (Å²) in [6.45, 7) is 2.07. The van der Waals surface area contributed by atoms with Crippen molar-refractivity contribution in [2.24, 2.45) is 5.84 Å². The van der Waals surface area contributed by atoms with Crippen LogP contribution in [0.1, 0.15) is 12.5 Å². The summed E-state index contributed by atoms with van der Waals surface area (Å²) >= 11 is 0. The lowest BCUT2D eigenvalue weighted by molar-refractivity contribution is -0.383. The molecule has 20 heavy (non-hydrogen) atoms. The average molecular weight is 272 g/mol. The second-order valence-electron chi connectivity index (χ2n) is 4.28. The zero-order valence-electron chi connectivity index (χ0n) is 11.1. The van der Waals surface area contributed by atoms with Crippen molar-refractivity contribution in [1.82, 2.24) is 0 Å². The van der Waals surface area contributed by atoms with Gasteiger partial charge in [-0.05, 0) is 36.2 Å². The van der Waals surface area contributed by atoms with E-state index in [-0.39, 0.29) is 11.4 Å². The fraction of sp³-hybridized carbons (Fsp3) is 0.143. The number of aryl methyl sites for hydroxylation is 1. The lowest BCUT2D eigenvalue weighted by Gasteiger charge is -2.10. The number of anilines is 3. The number of rotatable bonds is 5. The lowest BCUT2D eigenvalue weighted by atomic mass is 10.1. The van der Waals surface area contributed by atoms with Gasteiger partial charge in [0.2, 0.25) is 0 Å². The van der Waals surface area contributed by atoms with Crippen molar-refractivity contribution < 1.29 is 4.92 Å². The van der Waals surface area contributed by atoms with Crippen molar-refractivity contribution in [3.8, 4) is 0 Å². The third kappa shape index (κ3) is 2.86. The maximum atomic E-state index is 11.2. The highest BCUT2D eigenvalue weighted by Gasteiger charge is 2.19. The second-order valence-corrected chi connectivity index (χ2v) is 4.28. The summed E-state index contributed by atoms with van der Waals surface area (Å²) in [6, 6.07) is 12.7. The van der Waals surface area contributed by atoms with Crippen molar-refractivity contribution in [3.05, 3.63) is 58.1 Å². The van der Waals surface area contributed by atoms with Gasteiger partial charge in [0, 0.05) is 5.69 Å². The van der Waals surface area contributed by atoms with Crippen LogP contribution in [0.25, 0.3) is 0 Å². The number of nitro benzene ring substituents is 1. The first-order valence-electron chi connectivity index (χ1n) is 6.25. The molecule has 2 aromatic rings. The second kappa shape index (κ2) is 6.03. The highest BCUT2D eigenvalue weighted by Crippen LogP contribution is 2.34. The molecule has 0 bridgehead atoms. The molecule has 104 valence electrons.